The topological polar surface area (TPSA) is 24.9 Å². The Morgan fingerprint density at radius 3 is 2.57 bits per heavy atom. The van der Waals surface area contributed by atoms with E-state index in [0.717, 1.165) is 32.4 Å². The summed E-state index contributed by atoms with van der Waals surface area (Å²) in [5.41, 5.74) is 0. The van der Waals surface area contributed by atoms with E-state index >= 15 is 0 Å². The molecule has 0 bridgehead atoms. The normalized spacial score (nSPS) is 28.4. The van der Waals surface area contributed by atoms with E-state index in [0.29, 0.717) is 6.10 Å². The molecule has 1 atom stereocenters. The molecule has 3 aliphatic rings. The van der Waals surface area contributed by atoms with Gasteiger partial charge in [-0.1, -0.05) is 0 Å². The molecule has 0 spiro atoms. The SMILES string of the molecule is c1cc(C2CCCO2)sc1CN1CCN(C2CCOCC2)CC1. The summed E-state index contributed by atoms with van der Waals surface area (Å²) in [6.45, 7) is 8.78. The third kappa shape index (κ3) is 3.97. The molecule has 4 rings (SSSR count). The van der Waals surface area contributed by atoms with Crippen molar-refractivity contribution in [1.29, 1.82) is 0 Å². The van der Waals surface area contributed by atoms with Crippen LogP contribution in [-0.4, -0.2) is 61.8 Å². The van der Waals surface area contributed by atoms with Crippen LogP contribution in [0.15, 0.2) is 12.1 Å². The quantitative estimate of drug-likeness (QED) is 0.844. The molecule has 1 unspecified atom stereocenters. The van der Waals surface area contributed by atoms with Gasteiger partial charge in [-0.15, -0.1) is 11.3 Å². The molecule has 0 N–H and O–H groups in total. The molecule has 5 heteroatoms. The Kier molecular flexibility index (Phi) is 5.31. The fourth-order valence-electron chi connectivity index (χ4n) is 4.01. The molecule has 23 heavy (non-hydrogen) atoms. The lowest BCUT2D eigenvalue weighted by Gasteiger charge is -2.40. The van der Waals surface area contributed by atoms with Crippen LogP contribution in [0, 0.1) is 0 Å². The lowest BCUT2D eigenvalue weighted by Crippen LogP contribution is -2.51. The average molecular weight is 337 g/mol. The van der Waals surface area contributed by atoms with Crippen LogP contribution in [0.4, 0.5) is 0 Å². The molecule has 0 amide bonds. The number of piperazine rings is 1. The third-order valence-electron chi connectivity index (χ3n) is 5.42. The summed E-state index contributed by atoms with van der Waals surface area (Å²) in [5, 5.41) is 0. The van der Waals surface area contributed by atoms with Gasteiger partial charge in [0.2, 0.25) is 0 Å². The van der Waals surface area contributed by atoms with Crippen molar-refractivity contribution in [1.82, 2.24) is 9.80 Å². The molecule has 0 aliphatic carbocycles. The number of ether oxygens (including phenoxy) is 2. The summed E-state index contributed by atoms with van der Waals surface area (Å²) < 4.78 is 11.3. The molecule has 0 aromatic carbocycles. The Balaban J connectivity index is 1.26. The molecule has 1 aromatic heterocycles. The van der Waals surface area contributed by atoms with E-state index in [4.69, 9.17) is 9.47 Å². The summed E-state index contributed by atoms with van der Waals surface area (Å²) in [4.78, 5) is 8.22. The predicted molar refractivity (Wildman–Crippen MR) is 92.9 cm³/mol. The molecular weight excluding hydrogens is 308 g/mol. The van der Waals surface area contributed by atoms with Crippen LogP contribution in [0.3, 0.4) is 0 Å². The summed E-state index contributed by atoms with van der Waals surface area (Å²) in [5.74, 6) is 0. The van der Waals surface area contributed by atoms with Crippen LogP contribution in [0.2, 0.25) is 0 Å². The van der Waals surface area contributed by atoms with Crippen molar-refractivity contribution in [3.8, 4) is 0 Å². The van der Waals surface area contributed by atoms with Crippen LogP contribution < -0.4 is 0 Å². The van der Waals surface area contributed by atoms with Gasteiger partial charge in [0.05, 0.1) is 6.10 Å². The zero-order valence-electron chi connectivity index (χ0n) is 13.9. The highest BCUT2D eigenvalue weighted by Gasteiger charge is 2.26. The summed E-state index contributed by atoms with van der Waals surface area (Å²) in [7, 11) is 0. The van der Waals surface area contributed by atoms with Gasteiger partial charge in [0.25, 0.3) is 0 Å². The Morgan fingerprint density at radius 2 is 1.83 bits per heavy atom. The lowest BCUT2D eigenvalue weighted by molar-refractivity contribution is 0.0127. The fraction of sp³-hybridized carbons (Fsp3) is 0.778. The van der Waals surface area contributed by atoms with E-state index in [1.54, 1.807) is 0 Å². The maximum absolute atomic E-state index is 5.80. The smallest absolute Gasteiger partial charge is 0.0917 e. The Hall–Kier alpha value is -0.460. The third-order valence-corrected chi connectivity index (χ3v) is 6.59. The van der Waals surface area contributed by atoms with E-state index in [1.165, 1.54) is 61.6 Å². The highest BCUT2D eigenvalue weighted by Crippen LogP contribution is 2.33. The molecule has 3 aliphatic heterocycles. The summed E-state index contributed by atoms with van der Waals surface area (Å²) >= 11 is 1.96. The maximum atomic E-state index is 5.80. The van der Waals surface area contributed by atoms with Gasteiger partial charge in [0, 0.05) is 68.3 Å². The number of thiophene rings is 1. The first-order chi connectivity index (χ1) is 11.4. The first-order valence-corrected chi connectivity index (χ1v) is 9.94. The van der Waals surface area contributed by atoms with Crippen molar-refractivity contribution in [2.75, 3.05) is 46.0 Å². The molecule has 0 saturated carbocycles. The van der Waals surface area contributed by atoms with Gasteiger partial charge in [0.15, 0.2) is 0 Å². The molecule has 4 heterocycles. The van der Waals surface area contributed by atoms with Crippen molar-refractivity contribution in [2.45, 2.75) is 44.4 Å². The van der Waals surface area contributed by atoms with Gasteiger partial charge in [-0.05, 0) is 37.8 Å². The molecule has 128 valence electrons. The standard InChI is InChI=1S/C18H28N2O2S/c1-2-17(22-11-1)18-4-3-16(23-18)14-19-7-9-20(10-8-19)15-5-12-21-13-6-15/h3-4,15,17H,1-2,5-14H2. The molecular formula is C18H28N2O2S. The number of rotatable bonds is 4. The van der Waals surface area contributed by atoms with E-state index in [9.17, 15) is 0 Å². The van der Waals surface area contributed by atoms with Crippen molar-refractivity contribution < 1.29 is 9.47 Å². The van der Waals surface area contributed by atoms with Crippen molar-refractivity contribution in [3.05, 3.63) is 21.9 Å². The van der Waals surface area contributed by atoms with Crippen LogP contribution >= 0.6 is 11.3 Å². The predicted octanol–water partition coefficient (Wildman–Crippen LogP) is 2.90. The monoisotopic (exact) mass is 336 g/mol. The van der Waals surface area contributed by atoms with E-state index in [2.05, 4.69) is 21.9 Å². The number of hydrogen-bond donors (Lipinski definition) is 0. The molecule has 0 radical (unpaired) electrons. The average Bonchev–Trinajstić information content (AvgIpc) is 3.28. The largest absolute Gasteiger partial charge is 0.381 e. The van der Waals surface area contributed by atoms with Gasteiger partial charge >= 0.3 is 0 Å². The summed E-state index contributed by atoms with van der Waals surface area (Å²) in [6, 6.07) is 5.36. The van der Waals surface area contributed by atoms with Gasteiger partial charge in [0.1, 0.15) is 0 Å². The van der Waals surface area contributed by atoms with Crippen molar-refractivity contribution in [3.63, 3.8) is 0 Å². The fourth-order valence-corrected chi connectivity index (χ4v) is 5.15. The Bertz CT molecular complexity index is 487. The maximum Gasteiger partial charge on any atom is 0.0917 e. The zero-order chi connectivity index (χ0) is 15.5. The van der Waals surface area contributed by atoms with Gasteiger partial charge in [-0.2, -0.15) is 0 Å². The number of hydrogen-bond acceptors (Lipinski definition) is 5. The highest BCUT2D eigenvalue weighted by molar-refractivity contribution is 7.12. The summed E-state index contributed by atoms with van der Waals surface area (Å²) in [6.07, 6.45) is 5.22. The van der Waals surface area contributed by atoms with E-state index in [-0.39, 0.29) is 0 Å². The van der Waals surface area contributed by atoms with Gasteiger partial charge in [-0.3, -0.25) is 9.80 Å². The molecule has 3 fully saturated rings. The Labute approximate surface area is 143 Å². The lowest BCUT2D eigenvalue weighted by atomic mass is 10.1. The minimum atomic E-state index is 0.374. The minimum Gasteiger partial charge on any atom is -0.381 e. The van der Waals surface area contributed by atoms with Gasteiger partial charge < -0.3 is 9.47 Å². The number of nitrogens with zero attached hydrogens (tertiary/aromatic N) is 2. The van der Waals surface area contributed by atoms with E-state index in [1.807, 2.05) is 11.3 Å². The highest BCUT2D eigenvalue weighted by atomic mass is 32.1. The minimum absolute atomic E-state index is 0.374. The van der Waals surface area contributed by atoms with Crippen LogP contribution in [0.1, 0.15) is 41.5 Å². The second-order valence-corrected chi connectivity index (χ2v) is 8.16. The van der Waals surface area contributed by atoms with Crippen LogP contribution in [0.5, 0.6) is 0 Å². The van der Waals surface area contributed by atoms with E-state index < -0.39 is 0 Å². The molecule has 1 aromatic rings. The van der Waals surface area contributed by atoms with Crippen molar-refractivity contribution in [2.24, 2.45) is 0 Å². The first-order valence-electron chi connectivity index (χ1n) is 9.13. The molecule has 4 nitrogen and oxygen atoms in total. The molecule has 3 saturated heterocycles. The second-order valence-electron chi connectivity index (χ2n) is 6.96. The van der Waals surface area contributed by atoms with Crippen LogP contribution in [0.25, 0.3) is 0 Å². The van der Waals surface area contributed by atoms with Gasteiger partial charge in [-0.25, -0.2) is 0 Å². The van der Waals surface area contributed by atoms with Crippen molar-refractivity contribution >= 4 is 11.3 Å². The van der Waals surface area contributed by atoms with Crippen LogP contribution in [-0.2, 0) is 16.0 Å². The zero-order valence-corrected chi connectivity index (χ0v) is 14.7. The first kappa shape index (κ1) is 16.0. The second kappa shape index (κ2) is 7.62. The Morgan fingerprint density at radius 1 is 1.00 bits per heavy atom.